The van der Waals surface area contributed by atoms with Crippen molar-refractivity contribution in [3.63, 3.8) is 0 Å². The van der Waals surface area contributed by atoms with Gasteiger partial charge in [0.15, 0.2) is 0 Å². The van der Waals surface area contributed by atoms with Crippen LogP contribution in [-0.4, -0.2) is 4.57 Å². The molecular formula is C66H55N3S. The molecule has 0 saturated carbocycles. The van der Waals surface area contributed by atoms with Crippen LogP contribution in [0.25, 0.3) is 87.8 Å². The van der Waals surface area contributed by atoms with Crippen molar-refractivity contribution in [2.45, 2.75) is 58.5 Å². The summed E-state index contributed by atoms with van der Waals surface area (Å²) in [6.07, 6.45) is -0.269. The lowest BCUT2D eigenvalue weighted by Gasteiger charge is -2.26. The van der Waals surface area contributed by atoms with Gasteiger partial charge < -0.3 is 9.88 Å². The van der Waals surface area contributed by atoms with Crippen LogP contribution in [0.2, 0.25) is 0 Å². The van der Waals surface area contributed by atoms with Crippen molar-refractivity contribution < 1.29 is 0 Å². The van der Waals surface area contributed by atoms with Gasteiger partial charge in [-0.3, -0.25) is 4.99 Å². The van der Waals surface area contributed by atoms with Gasteiger partial charge in [-0.05, 0) is 92.2 Å². The third kappa shape index (κ3) is 7.55. The van der Waals surface area contributed by atoms with Crippen molar-refractivity contribution in [1.29, 1.82) is 0 Å². The summed E-state index contributed by atoms with van der Waals surface area (Å²) < 4.78 is 5.04. The topological polar surface area (TPSA) is 29.3 Å². The van der Waals surface area contributed by atoms with Crippen molar-refractivity contribution >= 4 is 48.9 Å². The second-order valence-electron chi connectivity index (χ2n) is 20.8. The molecule has 9 aromatic carbocycles. The number of nitrogens with zero attached hydrogens (tertiary/aromatic N) is 2. The van der Waals surface area contributed by atoms with Gasteiger partial charge in [-0.15, -0.1) is 11.3 Å². The molecule has 1 atom stereocenters. The molecule has 1 N–H and O–H groups in total. The quantitative estimate of drug-likeness (QED) is 0.170. The zero-order valence-electron chi connectivity index (χ0n) is 40.6. The van der Waals surface area contributed by atoms with Crippen LogP contribution in [0.4, 0.5) is 0 Å². The second kappa shape index (κ2) is 17.0. The Labute approximate surface area is 414 Å². The van der Waals surface area contributed by atoms with E-state index in [1.165, 1.54) is 65.3 Å². The molecule has 0 amide bonds. The molecule has 70 heavy (non-hydrogen) atoms. The van der Waals surface area contributed by atoms with Crippen LogP contribution in [0.15, 0.2) is 217 Å². The van der Waals surface area contributed by atoms with E-state index in [1.807, 2.05) is 11.3 Å². The lowest BCUT2D eigenvalue weighted by molar-refractivity contribution is 0.590. The Morgan fingerprint density at radius 1 is 0.429 bits per heavy atom. The number of nitrogens with one attached hydrogen (secondary N) is 1. The van der Waals surface area contributed by atoms with E-state index in [0.717, 1.165) is 54.7 Å². The summed E-state index contributed by atoms with van der Waals surface area (Å²) >= 11 is 1.82. The van der Waals surface area contributed by atoms with Crippen LogP contribution in [0, 0.1) is 0 Å². The molecule has 0 spiro atoms. The van der Waals surface area contributed by atoms with Gasteiger partial charge in [-0.2, -0.15) is 0 Å². The number of hydrogen-bond acceptors (Lipinski definition) is 3. The third-order valence-corrected chi connectivity index (χ3v) is 15.3. The fraction of sp³-hybridized carbons (Fsp3) is 0.136. The molecule has 3 heterocycles. The average molecular weight is 922 g/mol. The van der Waals surface area contributed by atoms with Crippen LogP contribution < -0.4 is 15.2 Å². The van der Waals surface area contributed by atoms with Gasteiger partial charge in [0.1, 0.15) is 6.17 Å². The number of fused-ring (bicyclic) bond motifs is 6. The van der Waals surface area contributed by atoms with Gasteiger partial charge in [0, 0.05) is 48.7 Å². The van der Waals surface area contributed by atoms with E-state index in [-0.39, 0.29) is 17.0 Å². The summed E-state index contributed by atoms with van der Waals surface area (Å²) in [5.41, 5.74) is 18.6. The van der Waals surface area contributed by atoms with E-state index < -0.39 is 0 Å². The molecule has 12 rings (SSSR count). The molecular weight excluding hydrogens is 867 g/mol. The van der Waals surface area contributed by atoms with Gasteiger partial charge in [0.25, 0.3) is 0 Å². The highest BCUT2D eigenvalue weighted by atomic mass is 32.1. The monoisotopic (exact) mass is 921 g/mol. The second-order valence-corrected chi connectivity index (χ2v) is 21.8. The van der Waals surface area contributed by atoms with Gasteiger partial charge in [0.2, 0.25) is 0 Å². The number of aromatic nitrogens is 1. The molecule has 340 valence electrons. The molecule has 4 heteroatoms. The van der Waals surface area contributed by atoms with Crippen LogP contribution in [0.5, 0.6) is 0 Å². The predicted molar refractivity (Wildman–Crippen MR) is 297 cm³/mol. The van der Waals surface area contributed by atoms with Crippen LogP contribution in [-0.2, 0) is 10.8 Å². The van der Waals surface area contributed by atoms with Crippen molar-refractivity contribution in [3.05, 3.63) is 244 Å². The van der Waals surface area contributed by atoms with Crippen molar-refractivity contribution in [3.8, 4) is 50.2 Å². The SMILES string of the molecule is CC(C)(C)c1cc(-c2ccccc2)c2c(c1)c1cc(C(C)(C)C)cc(-c3ccccc3)c1n2-c1c(-c2ccccc2)cc(C2=c3sc4ccccc4c3=NC(c3ccccc3)N2)cc1-c1ccccc1. The van der Waals surface area contributed by atoms with E-state index in [4.69, 9.17) is 4.99 Å². The molecule has 3 nitrogen and oxygen atoms in total. The van der Waals surface area contributed by atoms with E-state index in [0.29, 0.717) is 0 Å². The molecule has 2 aromatic heterocycles. The maximum absolute atomic E-state index is 5.47. The van der Waals surface area contributed by atoms with Gasteiger partial charge in [-0.25, -0.2) is 0 Å². The highest BCUT2D eigenvalue weighted by Gasteiger charge is 2.30. The molecule has 0 fully saturated rings. The lowest BCUT2D eigenvalue weighted by Crippen LogP contribution is -2.37. The summed E-state index contributed by atoms with van der Waals surface area (Å²) in [6, 6.07) is 78.4. The summed E-state index contributed by atoms with van der Waals surface area (Å²) in [6.45, 7) is 14.0. The Kier molecular flexibility index (Phi) is 10.6. The summed E-state index contributed by atoms with van der Waals surface area (Å²) in [5.74, 6) is 0. The highest BCUT2D eigenvalue weighted by Crippen LogP contribution is 2.49. The maximum Gasteiger partial charge on any atom is 0.145 e. The Morgan fingerprint density at radius 3 is 1.30 bits per heavy atom. The first-order chi connectivity index (χ1) is 34.0. The summed E-state index contributed by atoms with van der Waals surface area (Å²) in [7, 11) is 0. The molecule has 0 aliphatic carbocycles. The van der Waals surface area contributed by atoms with E-state index in [1.54, 1.807) is 0 Å². The minimum Gasteiger partial charge on any atom is -0.358 e. The van der Waals surface area contributed by atoms with Gasteiger partial charge in [0.05, 0.1) is 32.3 Å². The Hall–Kier alpha value is -7.79. The van der Waals surface area contributed by atoms with Crippen molar-refractivity contribution in [1.82, 2.24) is 9.88 Å². The fourth-order valence-corrected chi connectivity index (χ4v) is 11.6. The normalized spacial score (nSPS) is 13.9. The average Bonchev–Trinajstić information content (AvgIpc) is 3.94. The number of hydrogen-bond donors (Lipinski definition) is 1. The first kappa shape index (κ1) is 43.5. The molecule has 1 aliphatic heterocycles. The summed E-state index contributed by atoms with van der Waals surface area (Å²) in [4.78, 5) is 5.47. The molecule has 1 unspecified atom stereocenters. The first-order valence-electron chi connectivity index (χ1n) is 24.5. The fourth-order valence-electron chi connectivity index (χ4n) is 10.4. The molecule has 0 saturated heterocycles. The number of benzene rings is 9. The Bertz CT molecular complexity index is 3720. The smallest absolute Gasteiger partial charge is 0.145 e. The predicted octanol–water partition coefficient (Wildman–Crippen LogP) is 16.3. The van der Waals surface area contributed by atoms with Crippen molar-refractivity contribution in [2.75, 3.05) is 0 Å². The lowest BCUT2D eigenvalue weighted by atomic mass is 9.82. The molecule has 11 aromatic rings. The minimum atomic E-state index is -0.269. The highest BCUT2D eigenvalue weighted by molar-refractivity contribution is 7.17. The van der Waals surface area contributed by atoms with E-state index >= 15 is 0 Å². The number of rotatable bonds is 7. The first-order valence-corrected chi connectivity index (χ1v) is 25.3. The number of thiophene rings is 1. The molecule has 0 radical (unpaired) electrons. The van der Waals surface area contributed by atoms with Crippen LogP contribution in [0.3, 0.4) is 0 Å². The van der Waals surface area contributed by atoms with Gasteiger partial charge in [-0.1, -0.05) is 211 Å². The summed E-state index contributed by atoms with van der Waals surface area (Å²) in [5, 5.41) is 8.75. The minimum absolute atomic E-state index is 0.109. The van der Waals surface area contributed by atoms with Crippen LogP contribution in [0.1, 0.15) is 70.0 Å². The Balaban J connectivity index is 1.30. The Morgan fingerprint density at radius 2 is 0.843 bits per heavy atom. The zero-order valence-corrected chi connectivity index (χ0v) is 41.4. The van der Waals surface area contributed by atoms with E-state index in [2.05, 4.69) is 264 Å². The largest absolute Gasteiger partial charge is 0.358 e. The van der Waals surface area contributed by atoms with Crippen molar-refractivity contribution in [2.24, 2.45) is 4.99 Å². The molecule has 0 bridgehead atoms. The van der Waals surface area contributed by atoms with Gasteiger partial charge >= 0.3 is 0 Å². The molecule has 1 aliphatic rings. The maximum atomic E-state index is 5.47. The zero-order chi connectivity index (χ0) is 47.7. The van der Waals surface area contributed by atoms with Crippen LogP contribution >= 0.6 is 11.3 Å². The third-order valence-electron chi connectivity index (χ3n) is 14.1. The van der Waals surface area contributed by atoms with E-state index in [9.17, 15) is 0 Å². The standard InChI is InChI=1S/C66H55N3S/c1-65(2,3)48-38-53(44-28-16-9-17-29-44)61-55(40-48)56-41-49(66(4,5)6)39-54(45-30-18-10-19-31-45)62(56)69(61)60-51(42-24-12-7-13-25-42)36-47(37-52(60)43-26-14-8-15-27-43)58-63-59(50-34-22-23-35-57(50)70-63)68-64(67-58)46-32-20-11-21-33-46/h7-41,64,67H,1-6H3.